The van der Waals surface area contributed by atoms with Gasteiger partial charge in [-0.15, -0.1) is 0 Å². The summed E-state index contributed by atoms with van der Waals surface area (Å²) in [4.78, 5) is 4.76. The number of nitrogens with zero attached hydrogens (tertiary/aromatic N) is 3. The average molecular weight is 416 g/mol. The van der Waals surface area contributed by atoms with Crippen LogP contribution in [0.25, 0.3) is 0 Å². The predicted molar refractivity (Wildman–Crippen MR) is 122 cm³/mol. The van der Waals surface area contributed by atoms with Gasteiger partial charge in [-0.3, -0.25) is 4.68 Å². The summed E-state index contributed by atoms with van der Waals surface area (Å²) in [6.07, 6.45) is 1.78. The first-order valence-electron chi connectivity index (χ1n) is 10.7. The maximum atomic E-state index is 5.79. The minimum absolute atomic E-state index is 0.236. The summed E-state index contributed by atoms with van der Waals surface area (Å²) in [6, 6.07) is 8.34. The van der Waals surface area contributed by atoms with Gasteiger partial charge in [-0.2, -0.15) is 5.10 Å². The van der Waals surface area contributed by atoms with Crippen molar-refractivity contribution in [2.45, 2.75) is 53.1 Å². The van der Waals surface area contributed by atoms with Gasteiger partial charge in [0.25, 0.3) is 0 Å². The lowest BCUT2D eigenvalue weighted by molar-refractivity contribution is 0.172. The van der Waals surface area contributed by atoms with Crippen molar-refractivity contribution >= 4 is 5.96 Å². The van der Waals surface area contributed by atoms with Crippen molar-refractivity contribution in [3.8, 4) is 5.75 Å². The summed E-state index contributed by atoms with van der Waals surface area (Å²) in [5.41, 5.74) is 4.72. The number of ether oxygens (including phenoxy) is 2. The Kier molecular flexibility index (Phi) is 9.67. The van der Waals surface area contributed by atoms with Crippen LogP contribution in [0.4, 0.5) is 0 Å². The molecule has 0 fully saturated rings. The van der Waals surface area contributed by atoms with E-state index in [9.17, 15) is 0 Å². The Bertz CT molecular complexity index is 816. The van der Waals surface area contributed by atoms with Gasteiger partial charge < -0.3 is 20.1 Å². The van der Waals surface area contributed by atoms with Gasteiger partial charge in [-0.05, 0) is 57.4 Å². The van der Waals surface area contributed by atoms with Crippen LogP contribution in [0.15, 0.2) is 29.3 Å². The third-order valence-electron chi connectivity index (χ3n) is 4.98. The summed E-state index contributed by atoms with van der Waals surface area (Å²) >= 11 is 0. The van der Waals surface area contributed by atoms with Crippen LogP contribution in [0.2, 0.25) is 0 Å². The van der Waals surface area contributed by atoms with Crippen molar-refractivity contribution in [3.63, 3.8) is 0 Å². The molecule has 2 aromatic rings. The highest BCUT2D eigenvalue weighted by molar-refractivity contribution is 5.80. The zero-order valence-corrected chi connectivity index (χ0v) is 19.3. The van der Waals surface area contributed by atoms with Gasteiger partial charge in [-0.25, -0.2) is 4.99 Å². The maximum Gasteiger partial charge on any atom is 0.191 e. The first-order chi connectivity index (χ1) is 14.4. The zero-order chi connectivity index (χ0) is 21.9. The van der Waals surface area contributed by atoms with Crippen LogP contribution in [-0.4, -0.2) is 48.7 Å². The van der Waals surface area contributed by atoms with Gasteiger partial charge in [0.1, 0.15) is 5.75 Å². The van der Waals surface area contributed by atoms with Crippen molar-refractivity contribution in [2.75, 3.05) is 26.9 Å². The lowest BCUT2D eigenvalue weighted by atomic mass is 10.1. The molecular formula is C23H37N5O2. The Morgan fingerprint density at radius 3 is 2.73 bits per heavy atom. The Hall–Kier alpha value is -2.54. The Morgan fingerprint density at radius 1 is 1.27 bits per heavy atom. The van der Waals surface area contributed by atoms with E-state index in [0.29, 0.717) is 19.8 Å². The van der Waals surface area contributed by atoms with E-state index in [1.54, 1.807) is 7.11 Å². The number of aryl methyl sites for hydroxylation is 2. The molecule has 1 aromatic heterocycles. The van der Waals surface area contributed by atoms with Crippen molar-refractivity contribution in [1.82, 2.24) is 20.4 Å². The molecule has 2 N–H and O–H groups in total. The first-order valence-corrected chi connectivity index (χ1v) is 10.7. The van der Waals surface area contributed by atoms with Crippen LogP contribution in [-0.2, 0) is 24.8 Å². The SMILES string of the molecule is CCNC(=NCc1cccc(OCCCOC)c1)NC(C)Cc1c(C)nn(C)c1C. The summed E-state index contributed by atoms with van der Waals surface area (Å²) < 4.78 is 12.8. The van der Waals surface area contributed by atoms with Crippen LogP contribution in [0, 0.1) is 13.8 Å². The number of rotatable bonds is 11. The van der Waals surface area contributed by atoms with Crippen LogP contribution in [0.5, 0.6) is 5.75 Å². The highest BCUT2D eigenvalue weighted by atomic mass is 16.5. The van der Waals surface area contributed by atoms with E-state index in [1.807, 2.05) is 29.9 Å². The molecule has 0 radical (unpaired) electrons. The van der Waals surface area contributed by atoms with Gasteiger partial charge >= 0.3 is 0 Å². The van der Waals surface area contributed by atoms with E-state index >= 15 is 0 Å². The monoisotopic (exact) mass is 415 g/mol. The molecule has 1 aromatic carbocycles. The number of hydrogen-bond donors (Lipinski definition) is 2. The van der Waals surface area contributed by atoms with E-state index in [0.717, 1.165) is 42.4 Å². The topological polar surface area (TPSA) is 72.7 Å². The van der Waals surface area contributed by atoms with E-state index in [-0.39, 0.29) is 6.04 Å². The summed E-state index contributed by atoms with van der Waals surface area (Å²) in [5.74, 6) is 1.68. The van der Waals surface area contributed by atoms with E-state index < -0.39 is 0 Å². The van der Waals surface area contributed by atoms with Gasteiger partial charge in [0.05, 0.1) is 18.8 Å². The van der Waals surface area contributed by atoms with E-state index in [4.69, 9.17) is 14.5 Å². The summed E-state index contributed by atoms with van der Waals surface area (Å²) in [6.45, 7) is 11.2. The Labute approximate surface area is 180 Å². The molecule has 0 aliphatic carbocycles. The Morgan fingerprint density at radius 2 is 2.07 bits per heavy atom. The number of benzene rings is 1. The third kappa shape index (κ3) is 7.37. The zero-order valence-electron chi connectivity index (χ0n) is 19.3. The molecular weight excluding hydrogens is 378 g/mol. The molecule has 1 unspecified atom stereocenters. The fourth-order valence-electron chi connectivity index (χ4n) is 3.32. The Balaban J connectivity index is 1.96. The third-order valence-corrected chi connectivity index (χ3v) is 4.98. The van der Waals surface area contributed by atoms with Crippen LogP contribution in [0.3, 0.4) is 0 Å². The first kappa shape index (κ1) is 23.7. The second-order valence-electron chi connectivity index (χ2n) is 7.56. The molecule has 1 atom stereocenters. The van der Waals surface area contributed by atoms with Gasteiger partial charge in [0.15, 0.2) is 5.96 Å². The highest BCUT2D eigenvalue weighted by Gasteiger charge is 2.14. The smallest absolute Gasteiger partial charge is 0.191 e. The molecule has 0 amide bonds. The second kappa shape index (κ2) is 12.2. The van der Waals surface area contributed by atoms with Crippen molar-refractivity contribution in [1.29, 1.82) is 0 Å². The second-order valence-corrected chi connectivity index (χ2v) is 7.56. The number of methoxy groups -OCH3 is 1. The fraction of sp³-hybridized carbons (Fsp3) is 0.565. The predicted octanol–water partition coefficient (Wildman–Crippen LogP) is 3.14. The lowest BCUT2D eigenvalue weighted by Crippen LogP contribution is -2.43. The molecule has 7 nitrogen and oxygen atoms in total. The average Bonchev–Trinajstić information content (AvgIpc) is 2.96. The molecule has 0 saturated heterocycles. The standard InChI is InChI=1S/C23H37N5O2/c1-7-24-23(26-17(2)14-22-18(3)27-28(5)19(22)4)25-16-20-10-8-11-21(15-20)30-13-9-12-29-6/h8,10-11,15,17H,7,9,12-14,16H2,1-6H3,(H2,24,25,26). The highest BCUT2D eigenvalue weighted by Crippen LogP contribution is 2.15. The van der Waals surface area contributed by atoms with E-state index in [1.165, 1.54) is 11.3 Å². The van der Waals surface area contributed by atoms with Crippen molar-refractivity contribution < 1.29 is 9.47 Å². The minimum atomic E-state index is 0.236. The van der Waals surface area contributed by atoms with Crippen LogP contribution in [0.1, 0.15) is 42.8 Å². The maximum absolute atomic E-state index is 5.79. The van der Waals surface area contributed by atoms with Crippen LogP contribution < -0.4 is 15.4 Å². The molecule has 0 aliphatic rings. The largest absolute Gasteiger partial charge is 0.493 e. The molecule has 1 heterocycles. The molecule has 7 heteroatoms. The normalized spacial score (nSPS) is 12.7. The van der Waals surface area contributed by atoms with Gasteiger partial charge in [0, 0.05) is 45.5 Å². The number of aliphatic imine (C=N–C) groups is 1. The number of hydrogen-bond acceptors (Lipinski definition) is 4. The van der Waals surface area contributed by atoms with Gasteiger partial charge in [0.2, 0.25) is 0 Å². The molecule has 0 spiro atoms. The molecule has 0 bridgehead atoms. The lowest BCUT2D eigenvalue weighted by Gasteiger charge is -2.18. The minimum Gasteiger partial charge on any atom is -0.493 e. The molecule has 166 valence electrons. The summed E-state index contributed by atoms with van der Waals surface area (Å²) in [7, 11) is 3.69. The number of aromatic nitrogens is 2. The number of guanidine groups is 1. The van der Waals surface area contributed by atoms with Gasteiger partial charge in [-0.1, -0.05) is 12.1 Å². The molecule has 30 heavy (non-hydrogen) atoms. The fourth-order valence-corrected chi connectivity index (χ4v) is 3.32. The molecule has 0 saturated carbocycles. The molecule has 0 aliphatic heterocycles. The number of nitrogens with one attached hydrogen (secondary N) is 2. The quantitative estimate of drug-likeness (QED) is 0.335. The van der Waals surface area contributed by atoms with Crippen LogP contribution >= 0.6 is 0 Å². The summed E-state index contributed by atoms with van der Waals surface area (Å²) in [5, 5.41) is 11.4. The molecule has 2 rings (SSSR count). The van der Waals surface area contributed by atoms with Crippen molar-refractivity contribution in [2.24, 2.45) is 12.0 Å². The van der Waals surface area contributed by atoms with Crippen molar-refractivity contribution in [3.05, 3.63) is 46.8 Å². The van der Waals surface area contributed by atoms with E-state index in [2.05, 4.69) is 49.5 Å².